The van der Waals surface area contributed by atoms with Crippen LogP contribution < -0.4 is 19.1 Å². The molecule has 0 N–H and O–H groups in total. The molecule has 1 aromatic carbocycles. The summed E-state index contributed by atoms with van der Waals surface area (Å²) in [7, 11) is 4.85. The van der Waals surface area contributed by atoms with Gasteiger partial charge in [-0.25, -0.2) is 4.98 Å². The molecule has 0 bridgehead atoms. The molecule has 0 spiro atoms. The Hall–Kier alpha value is -2.96. The Morgan fingerprint density at radius 1 is 0.923 bits per heavy atom. The van der Waals surface area contributed by atoms with Crippen LogP contribution in [0.4, 0.5) is 5.82 Å². The number of methoxy groups -OCH3 is 3. The van der Waals surface area contributed by atoms with Crippen molar-refractivity contribution < 1.29 is 14.2 Å². The van der Waals surface area contributed by atoms with Gasteiger partial charge >= 0.3 is 0 Å². The lowest BCUT2D eigenvalue weighted by molar-refractivity contribution is 0.271. The van der Waals surface area contributed by atoms with Gasteiger partial charge in [0.05, 0.1) is 40.6 Å². The van der Waals surface area contributed by atoms with Crippen LogP contribution in [-0.2, 0) is 0 Å². The fourth-order valence-corrected chi connectivity index (χ4v) is 2.88. The van der Waals surface area contributed by atoms with E-state index in [1.165, 1.54) is 0 Å². The van der Waals surface area contributed by atoms with Crippen molar-refractivity contribution in [1.82, 2.24) is 9.99 Å². The molecule has 3 rings (SSSR count). The zero-order valence-corrected chi connectivity index (χ0v) is 15.4. The normalized spacial score (nSPS) is 14.6. The Balaban J connectivity index is 1.67. The van der Waals surface area contributed by atoms with Gasteiger partial charge in [-0.05, 0) is 18.2 Å². The van der Waals surface area contributed by atoms with Crippen LogP contribution in [0.2, 0.25) is 0 Å². The summed E-state index contributed by atoms with van der Waals surface area (Å²) in [5, 5.41) is 6.66. The molecular formula is C19H24N4O3. The highest BCUT2D eigenvalue weighted by atomic mass is 16.5. The van der Waals surface area contributed by atoms with Gasteiger partial charge in [0.25, 0.3) is 0 Å². The second kappa shape index (κ2) is 8.42. The largest absolute Gasteiger partial charge is 0.496 e. The predicted octanol–water partition coefficient (Wildman–Crippen LogP) is 2.26. The minimum Gasteiger partial charge on any atom is -0.496 e. The van der Waals surface area contributed by atoms with Gasteiger partial charge in [-0.3, -0.25) is 5.01 Å². The van der Waals surface area contributed by atoms with E-state index in [9.17, 15) is 0 Å². The van der Waals surface area contributed by atoms with Gasteiger partial charge in [0, 0.05) is 30.9 Å². The molecule has 7 heteroatoms. The number of hydrazone groups is 1. The molecule has 0 atom stereocenters. The summed E-state index contributed by atoms with van der Waals surface area (Å²) in [4.78, 5) is 6.67. The molecule has 1 aromatic heterocycles. The van der Waals surface area contributed by atoms with E-state index >= 15 is 0 Å². The standard InChI is InChI=1S/C19H24N4O3/c1-24-16-13-18(26-3)17(25-2)12-15(16)14-21-23-10-8-22(9-11-23)19-6-4-5-7-20-19/h4-7,12-14H,8-11H2,1-3H3. The molecular weight excluding hydrogens is 332 g/mol. The highest BCUT2D eigenvalue weighted by Gasteiger charge is 2.17. The van der Waals surface area contributed by atoms with E-state index in [-0.39, 0.29) is 0 Å². The van der Waals surface area contributed by atoms with E-state index < -0.39 is 0 Å². The van der Waals surface area contributed by atoms with Crippen molar-refractivity contribution in [2.45, 2.75) is 0 Å². The number of piperazine rings is 1. The molecule has 2 aromatic rings. The number of rotatable bonds is 6. The summed E-state index contributed by atoms with van der Waals surface area (Å²) in [6, 6.07) is 9.65. The molecule has 1 aliphatic heterocycles. The summed E-state index contributed by atoms with van der Waals surface area (Å²) in [5.74, 6) is 2.98. The number of anilines is 1. The maximum Gasteiger partial charge on any atom is 0.164 e. The Labute approximate surface area is 153 Å². The Morgan fingerprint density at radius 3 is 2.23 bits per heavy atom. The molecule has 1 aliphatic rings. The number of hydrogen-bond donors (Lipinski definition) is 0. The van der Waals surface area contributed by atoms with E-state index in [1.54, 1.807) is 33.6 Å². The average Bonchev–Trinajstić information content (AvgIpc) is 2.72. The van der Waals surface area contributed by atoms with Gasteiger partial charge in [-0.2, -0.15) is 5.10 Å². The first-order valence-electron chi connectivity index (χ1n) is 8.50. The first-order chi connectivity index (χ1) is 12.7. The Kier molecular flexibility index (Phi) is 5.78. The number of pyridine rings is 1. The molecule has 2 heterocycles. The molecule has 0 aliphatic carbocycles. The van der Waals surface area contributed by atoms with Crippen LogP contribution in [-0.4, -0.2) is 63.7 Å². The van der Waals surface area contributed by atoms with Crippen molar-refractivity contribution >= 4 is 12.0 Å². The van der Waals surface area contributed by atoms with Crippen molar-refractivity contribution in [2.75, 3.05) is 52.4 Å². The van der Waals surface area contributed by atoms with Crippen molar-refractivity contribution in [1.29, 1.82) is 0 Å². The van der Waals surface area contributed by atoms with Gasteiger partial charge in [0.15, 0.2) is 11.5 Å². The van der Waals surface area contributed by atoms with Crippen molar-refractivity contribution in [2.24, 2.45) is 5.10 Å². The average molecular weight is 356 g/mol. The topological polar surface area (TPSA) is 59.4 Å². The van der Waals surface area contributed by atoms with Crippen LogP contribution >= 0.6 is 0 Å². The molecule has 0 radical (unpaired) electrons. The number of benzene rings is 1. The Bertz CT molecular complexity index is 744. The Morgan fingerprint density at radius 2 is 1.62 bits per heavy atom. The van der Waals surface area contributed by atoms with E-state index in [2.05, 4.69) is 20.0 Å². The third kappa shape index (κ3) is 3.99. The van der Waals surface area contributed by atoms with Crippen LogP contribution in [0.5, 0.6) is 17.2 Å². The fraction of sp³-hybridized carbons (Fsp3) is 0.368. The van der Waals surface area contributed by atoms with Gasteiger partial charge in [0.1, 0.15) is 11.6 Å². The first-order valence-corrected chi connectivity index (χ1v) is 8.50. The van der Waals surface area contributed by atoms with E-state index in [0.717, 1.165) is 37.6 Å². The van der Waals surface area contributed by atoms with Crippen molar-refractivity contribution in [3.8, 4) is 17.2 Å². The molecule has 26 heavy (non-hydrogen) atoms. The van der Waals surface area contributed by atoms with E-state index in [4.69, 9.17) is 14.2 Å². The van der Waals surface area contributed by atoms with Crippen LogP contribution in [0.25, 0.3) is 0 Å². The lowest BCUT2D eigenvalue weighted by atomic mass is 10.2. The highest BCUT2D eigenvalue weighted by Crippen LogP contribution is 2.33. The third-order valence-electron chi connectivity index (χ3n) is 4.33. The van der Waals surface area contributed by atoms with Gasteiger partial charge in [-0.1, -0.05) is 6.07 Å². The van der Waals surface area contributed by atoms with Crippen LogP contribution in [0, 0.1) is 0 Å². The molecule has 0 saturated carbocycles. The lowest BCUT2D eigenvalue weighted by Gasteiger charge is -2.33. The zero-order chi connectivity index (χ0) is 18.4. The molecule has 138 valence electrons. The number of hydrogen-bond acceptors (Lipinski definition) is 7. The van der Waals surface area contributed by atoms with Gasteiger partial charge in [-0.15, -0.1) is 0 Å². The summed E-state index contributed by atoms with van der Waals surface area (Å²) in [6.45, 7) is 3.44. The maximum absolute atomic E-state index is 5.44. The third-order valence-corrected chi connectivity index (χ3v) is 4.33. The van der Waals surface area contributed by atoms with Crippen LogP contribution in [0.15, 0.2) is 41.6 Å². The fourth-order valence-electron chi connectivity index (χ4n) is 2.88. The zero-order valence-electron chi connectivity index (χ0n) is 15.4. The van der Waals surface area contributed by atoms with Crippen LogP contribution in [0.1, 0.15) is 5.56 Å². The second-order valence-electron chi connectivity index (χ2n) is 5.82. The molecule has 1 fully saturated rings. The van der Waals surface area contributed by atoms with Crippen molar-refractivity contribution in [3.05, 3.63) is 42.1 Å². The SMILES string of the molecule is COc1cc(OC)c(OC)cc1C=NN1CCN(c2ccccn2)CC1. The molecule has 0 amide bonds. The minimum atomic E-state index is 0.630. The highest BCUT2D eigenvalue weighted by molar-refractivity contribution is 5.85. The molecule has 7 nitrogen and oxygen atoms in total. The quantitative estimate of drug-likeness (QED) is 0.740. The summed E-state index contributed by atoms with van der Waals surface area (Å²) in [5.41, 5.74) is 0.845. The van der Waals surface area contributed by atoms with Gasteiger partial charge < -0.3 is 19.1 Å². The monoisotopic (exact) mass is 356 g/mol. The maximum atomic E-state index is 5.44. The number of nitrogens with zero attached hydrogens (tertiary/aromatic N) is 4. The second-order valence-corrected chi connectivity index (χ2v) is 5.82. The summed E-state index contributed by atoms with van der Waals surface area (Å²) < 4.78 is 16.1. The minimum absolute atomic E-state index is 0.630. The summed E-state index contributed by atoms with van der Waals surface area (Å²) in [6.07, 6.45) is 3.63. The lowest BCUT2D eigenvalue weighted by Crippen LogP contribution is -2.44. The van der Waals surface area contributed by atoms with E-state index in [1.807, 2.05) is 30.5 Å². The van der Waals surface area contributed by atoms with Gasteiger partial charge in [0.2, 0.25) is 0 Å². The first kappa shape index (κ1) is 17.8. The smallest absolute Gasteiger partial charge is 0.164 e. The molecule has 1 saturated heterocycles. The van der Waals surface area contributed by atoms with Crippen molar-refractivity contribution in [3.63, 3.8) is 0 Å². The number of ether oxygens (including phenoxy) is 3. The molecule has 0 unspecified atom stereocenters. The number of aromatic nitrogens is 1. The predicted molar refractivity (Wildman–Crippen MR) is 102 cm³/mol. The summed E-state index contributed by atoms with van der Waals surface area (Å²) >= 11 is 0. The van der Waals surface area contributed by atoms with Crippen LogP contribution in [0.3, 0.4) is 0 Å². The van der Waals surface area contributed by atoms with E-state index in [0.29, 0.717) is 17.2 Å².